The number of carbonyl (C=O) groups excluding carboxylic acids is 2. The van der Waals surface area contributed by atoms with Crippen LogP contribution >= 0.6 is 15.9 Å². The maximum Gasteiger partial charge on any atom is 0.331 e. The van der Waals surface area contributed by atoms with Crippen LogP contribution < -0.4 is 0 Å². The van der Waals surface area contributed by atoms with Gasteiger partial charge >= 0.3 is 5.97 Å². The van der Waals surface area contributed by atoms with Gasteiger partial charge in [0, 0.05) is 11.5 Å². The summed E-state index contributed by atoms with van der Waals surface area (Å²) in [4.78, 5) is 24.6. The van der Waals surface area contributed by atoms with E-state index in [-0.39, 0.29) is 17.8 Å². The molecule has 0 aliphatic heterocycles. The first-order valence-electron chi connectivity index (χ1n) is 8.66. The molecule has 4 saturated carbocycles. The van der Waals surface area contributed by atoms with E-state index in [9.17, 15) is 9.59 Å². The number of ketones is 1. The first-order valence-corrected chi connectivity index (χ1v) is 9.45. The molecular weight excluding hydrogens is 372 g/mol. The molecule has 0 saturated heterocycles. The first kappa shape index (κ1) is 16.1. The third-order valence-electron chi connectivity index (χ3n) is 5.95. The van der Waals surface area contributed by atoms with Crippen molar-refractivity contribution in [3.8, 4) is 0 Å². The lowest BCUT2D eigenvalue weighted by Gasteiger charge is -2.55. The van der Waals surface area contributed by atoms with Crippen molar-refractivity contribution in [2.75, 3.05) is 6.61 Å². The molecule has 0 unspecified atom stereocenters. The summed E-state index contributed by atoms with van der Waals surface area (Å²) >= 11 is 3.20. The van der Waals surface area contributed by atoms with Gasteiger partial charge in [0.05, 0.1) is 0 Å². The summed E-state index contributed by atoms with van der Waals surface area (Å²) in [5.41, 5.74) is -0.204. The van der Waals surface area contributed by atoms with Crippen LogP contribution in [-0.4, -0.2) is 18.4 Å². The molecular formula is C19H21BrO4. The van der Waals surface area contributed by atoms with Crippen LogP contribution in [0.5, 0.6) is 0 Å². The van der Waals surface area contributed by atoms with Gasteiger partial charge in [-0.05, 0) is 90.4 Å². The molecule has 1 aromatic rings. The Morgan fingerprint density at radius 1 is 1.17 bits per heavy atom. The Morgan fingerprint density at radius 2 is 1.79 bits per heavy atom. The normalized spacial score (nSPS) is 34.0. The van der Waals surface area contributed by atoms with Crippen LogP contribution in [0.15, 0.2) is 27.3 Å². The average molecular weight is 393 g/mol. The zero-order valence-corrected chi connectivity index (χ0v) is 15.1. The van der Waals surface area contributed by atoms with Crippen LogP contribution in [0.25, 0.3) is 6.08 Å². The zero-order chi connectivity index (χ0) is 16.7. The molecule has 0 aromatic carbocycles. The lowest BCUT2D eigenvalue weighted by Crippen LogP contribution is -2.51. The maximum absolute atomic E-state index is 12.8. The van der Waals surface area contributed by atoms with Crippen LogP contribution in [0, 0.1) is 23.2 Å². The monoisotopic (exact) mass is 392 g/mol. The van der Waals surface area contributed by atoms with E-state index in [1.54, 1.807) is 18.2 Å². The van der Waals surface area contributed by atoms with E-state index < -0.39 is 5.97 Å². The van der Waals surface area contributed by atoms with Gasteiger partial charge in [-0.2, -0.15) is 0 Å². The number of esters is 1. The molecule has 5 heteroatoms. The minimum Gasteiger partial charge on any atom is -0.454 e. The quantitative estimate of drug-likeness (QED) is 0.550. The number of ether oxygens (including phenoxy) is 1. The Labute approximate surface area is 149 Å². The van der Waals surface area contributed by atoms with Crippen LogP contribution in [0.3, 0.4) is 0 Å². The van der Waals surface area contributed by atoms with E-state index >= 15 is 0 Å². The fourth-order valence-electron chi connectivity index (χ4n) is 5.36. The van der Waals surface area contributed by atoms with Crippen molar-refractivity contribution in [1.82, 2.24) is 0 Å². The lowest BCUT2D eigenvalue weighted by molar-refractivity contribution is -0.155. The minimum absolute atomic E-state index is 0.100. The van der Waals surface area contributed by atoms with Crippen molar-refractivity contribution in [2.45, 2.75) is 38.5 Å². The summed E-state index contributed by atoms with van der Waals surface area (Å²) in [6, 6.07) is 3.50. The van der Waals surface area contributed by atoms with Gasteiger partial charge in [0.2, 0.25) is 0 Å². The number of Topliss-reactive ketones (excluding diaryl/α,β-unsaturated/α-hetero) is 1. The largest absolute Gasteiger partial charge is 0.454 e. The average Bonchev–Trinajstić information content (AvgIpc) is 2.95. The lowest BCUT2D eigenvalue weighted by atomic mass is 9.48. The minimum atomic E-state index is -0.499. The molecule has 24 heavy (non-hydrogen) atoms. The Kier molecular flexibility index (Phi) is 4.15. The van der Waals surface area contributed by atoms with Gasteiger partial charge in [-0.25, -0.2) is 4.79 Å². The van der Waals surface area contributed by atoms with Gasteiger partial charge in [-0.3, -0.25) is 4.79 Å². The third-order valence-corrected chi connectivity index (χ3v) is 6.38. The van der Waals surface area contributed by atoms with Crippen molar-refractivity contribution in [2.24, 2.45) is 23.2 Å². The summed E-state index contributed by atoms with van der Waals surface area (Å²) in [5, 5.41) is 0. The van der Waals surface area contributed by atoms with Gasteiger partial charge in [0.1, 0.15) is 5.76 Å². The van der Waals surface area contributed by atoms with E-state index in [4.69, 9.17) is 9.15 Å². The van der Waals surface area contributed by atoms with Crippen molar-refractivity contribution in [3.63, 3.8) is 0 Å². The molecule has 4 aliphatic carbocycles. The smallest absolute Gasteiger partial charge is 0.331 e. The van der Waals surface area contributed by atoms with Crippen molar-refractivity contribution < 1.29 is 18.7 Å². The van der Waals surface area contributed by atoms with Gasteiger partial charge in [-0.15, -0.1) is 0 Å². The molecule has 128 valence electrons. The van der Waals surface area contributed by atoms with Crippen molar-refractivity contribution >= 4 is 33.8 Å². The fraction of sp³-hybridized carbons (Fsp3) is 0.579. The Morgan fingerprint density at radius 3 is 2.33 bits per heavy atom. The molecule has 1 heterocycles. The molecule has 4 fully saturated rings. The van der Waals surface area contributed by atoms with Crippen molar-refractivity contribution in [3.05, 3.63) is 28.6 Å². The molecule has 0 radical (unpaired) electrons. The Hall–Kier alpha value is -1.36. The molecule has 0 N–H and O–H groups in total. The summed E-state index contributed by atoms with van der Waals surface area (Å²) in [5.74, 6) is 2.34. The third kappa shape index (κ3) is 3.10. The fourth-order valence-corrected chi connectivity index (χ4v) is 5.68. The van der Waals surface area contributed by atoms with Crippen LogP contribution in [0.1, 0.15) is 44.3 Å². The zero-order valence-electron chi connectivity index (χ0n) is 13.5. The molecule has 4 aliphatic rings. The molecule has 5 rings (SSSR count). The number of halogens is 1. The summed E-state index contributed by atoms with van der Waals surface area (Å²) < 4.78 is 11.1. The predicted molar refractivity (Wildman–Crippen MR) is 92.0 cm³/mol. The van der Waals surface area contributed by atoms with Gasteiger partial charge in [0.25, 0.3) is 0 Å². The summed E-state index contributed by atoms with van der Waals surface area (Å²) in [6.45, 7) is -0.100. The second-order valence-electron chi connectivity index (χ2n) is 7.70. The molecule has 4 nitrogen and oxygen atoms in total. The second-order valence-corrected chi connectivity index (χ2v) is 8.49. The van der Waals surface area contributed by atoms with Crippen LogP contribution in [0.2, 0.25) is 0 Å². The van der Waals surface area contributed by atoms with Crippen LogP contribution in [-0.2, 0) is 14.3 Å². The van der Waals surface area contributed by atoms with Gasteiger partial charge in [-0.1, -0.05) is 0 Å². The molecule has 0 atom stereocenters. The molecule has 4 bridgehead atoms. The Balaban J connectivity index is 1.33. The number of rotatable bonds is 5. The predicted octanol–water partition coefficient (Wildman–Crippen LogP) is 4.38. The highest BCUT2D eigenvalue weighted by Gasteiger charge is 2.54. The van der Waals surface area contributed by atoms with Crippen LogP contribution in [0.4, 0.5) is 0 Å². The highest BCUT2D eigenvalue weighted by atomic mass is 79.9. The molecule has 0 spiro atoms. The van der Waals surface area contributed by atoms with Gasteiger partial charge in [0.15, 0.2) is 17.1 Å². The van der Waals surface area contributed by atoms with E-state index in [1.807, 2.05) is 0 Å². The van der Waals surface area contributed by atoms with E-state index in [1.165, 1.54) is 25.3 Å². The second kappa shape index (κ2) is 6.17. The number of furan rings is 1. The number of hydrogen-bond donors (Lipinski definition) is 0. The van der Waals surface area contributed by atoms with E-state index in [0.717, 1.165) is 19.3 Å². The first-order chi connectivity index (χ1) is 11.5. The molecule has 0 amide bonds. The topological polar surface area (TPSA) is 56.5 Å². The van der Waals surface area contributed by atoms with E-state index in [2.05, 4.69) is 15.9 Å². The van der Waals surface area contributed by atoms with Crippen molar-refractivity contribution in [1.29, 1.82) is 0 Å². The highest BCUT2D eigenvalue weighted by Crippen LogP contribution is 2.60. The number of hydrogen-bond acceptors (Lipinski definition) is 4. The van der Waals surface area contributed by atoms with Gasteiger partial charge < -0.3 is 9.15 Å². The highest BCUT2D eigenvalue weighted by molar-refractivity contribution is 9.10. The van der Waals surface area contributed by atoms with E-state index in [0.29, 0.717) is 28.2 Å². The Bertz CT molecular complexity index is 652. The SMILES string of the molecule is O=C(/C=C\c1ccc(Br)o1)OCC(=O)C12CC3CC(CC(C3)C1)C2. The standard InChI is InChI=1S/C19H21BrO4/c20-17-3-1-15(24-17)2-4-18(22)23-11-16(21)19-8-12-5-13(9-19)7-14(6-12)10-19/h1-4,12-14H,5-11H2/b4-2-. The number of carbonyl (C=O) groups is 2. The summed E-state index contributed by atoms with van der Waals surface area (Å²) in [6.07, 6.45) is 9.76. The summed E-state index contributed by atoms with van der Waals surface area (Å²) in [7, 11) is 0. The maximum atomic E-state index is 12.8. The molecule has 1 aromatic heterocycles.